The van der Waals surface area contributed by atoms with Crippen LogP contribution < -0.4 is 10.1 Å². The van der Waals surface area contributed by atoms with Gasteiger partial charge >= 0.3 is 0 Å². The highest BCUT2D eigenvalue weighted by atomic mass is 79.9. The van der Waals surface area contributed by atoms with E-state index in [1.54, 1.807) is 0 Å². The van der Waals surface area contributed by atoms with Gasteiger partial charge in [-0.15, -0.1) is 11.3 Å². The van der Waals surface area contributed by atoms with Crippen LogP contribution in [0.15, 0.2) is 34.8 Å². The summed E-state index contributed by atoms with van der Waals surface area (Å²) in [6.07, 6.45) is 1.05. The lowest BCUT2D eigenvalue weighted by molar-refractivity contribution is 0.249. The van der Waals surface area contributed by atoms with Crippen molar-refractivity contribution in [3.8, 4) is 5.75 Å². The van der Waals surface area contributed by atoms with Gasteiger partial charge in [-0.25, -0.2) is 0 Å². The minimum Gasteiger partial charge on any atom is -0.493 e. The van der Waals surface area contributed by atoms with Crippen molar-refractivity contribution in [2.75, 3.05) is 13.7 Å². The molecule has 2 atom stereocenters. The Morgan fingerprint density at radius 1 is 1.40 bits per heavy atom. The number of para-hydroxylation sites is 1. The fourth-order valence-electron chi connectivity index (χ4n) is 2.94. The summed E-state index contributed by atoms with van der Waals surface area (Å²) >= 11 is 5.57. The minimum absolute atomic E-state index is 0.327. The predicted molar refractivity (Wildman–Crippen MR) is 87.9 cm³/mol. The topological polar surface area (TPSA) is 21.3 Å². The van der Waals surface area contributed by atoms with E-state index >= 15 is 0 Å². The molecule has 106 valence electrons. The molecule has 3 rings (SSSR count). The summed E-state index contributed by atoms with van der Waals surface area (Å²) < 4.78 is 6.99. The van der Waals surface area contributed by atoms with E-state index in [1.807, 2.05) is 24.5 Å². The third kappa shape index (κ3) is 2.52. The Hall–Kier alpha value is -0.840. The maximum atomic E-state index is 5.78. The Labute approximate surface area is 132 Å². The fourth-order valence-corrected chi connectivity index (χ4v) is 5.02. The first-order valence-electron chi connectivity index (χ1n) is 6.85. The first kappa shape index (κ1) is 14.1. The van der Waals surface area contributed by atoms with Crippen LogP contribution in [0.3, 0.4) is 0 Å². The second kappa shape index (κ2) is 5.88. The number of ether oxygens (including phenoxy) is 1. The molecule has 0 saturated carbocycles. The zero-order valence-electron chi connectivity index (χ0n) is 11.7. The van der Waals surface area contributed by atoms with E-state index < -0.39 is 0 Å². The maximum Gasteiger partial charge on any atom is 0.122 e. The number of benzene rings is 1. The number of halogens is 1. The van der Waals surface area contributed by atoms with Crippen molar-refractivity contribution >= 4 is 27.3 Å². The van der Waals surface area contributed by atoms with Gasteiger partial charge in [0.15, 0.2) is 0 Å². The van der Waals surface area contributed by atoms with E-state index in [9.17, 15) is 0 Å². The minimum atomic E-state index is 0.327. The quantitative estimate of drug-likeness (QED) is 0.869. The van der Waals surface area contributed by atoms with Gasteiger partial charge in [-0.3, -0.25) is 0 Å². The number of hydrogen-bond acceptors (Lipinski definition) is 3. The predicted octanol–water partition coefficient (Wildman–Crippen LogP) is 4.65. The second-order valence-corrected chi connectivity index (χ2v) is 7.26. The highest BCUT2D eigenvalue weighted by Crippen LogP contribution is 2.45. The van der Waals surface area contributed by atoms with E-state index in [1.165, 1.54) is 19.8 Å². The lowest BCUT2D eigenvalue weighted by atomic mass is 9.86. The van der Waals surface area contributed by atoms with Crippen LogP contribution in [-0.4, -0.2) is 13.7 Å². The summed E-state index contributed by atoms with van der Waals surface area (Å²) in [6, 6.07) is 10.9. The van der Waals surface area contributed by atoms with Gasteiger partial charge < -0.3 is 10.1 Å². The van der Waals surface area contributed by atoms with Crippen LogP contribution >= 0.6 is 27.3 Å². The molecule has 2 heterocycles. The van der Waals surface area contributed by atoms with Crippen molar-refractivity contribution in [2.24, 2.45) is 0 Å². The largest absolute Gasteiger partial charge is 0.493 e. The van der Waals surface area contributed by atoms with Crippen LogP contribution in [0.4, 0.5) is 0 Å². The van der Waals surface area contributed by atoms with Gasteiger partial charge in [0.2, 0.25) is 0 Å². The second-order valence-electron chi connectivity index (χ2n) is 5.12. The standard InChI is InChI=1S/C16H18BrNOS/c1-10-9-13(17)16(20-10)15(18-2)12-7-8-19-14-6-4-3-5-11(12)14/h3-6,9,12,15,18H,7-8H2,1-2H3. The molecule has 1 N–H and O–H groups in total. The Morgan fingerprint density at radius 3 is 2.90 bits per heavy atom. The SMILES string of the molecule is CNC(c1sc(C)cc1Br)C1CCOc2ccccc21. The van der Waals surface area contributed by atoms with Crippen LogP contribution in [0.1, 0.15) is 33.7 Å². The normalized spacial score (nSPS) is 19.2. The van der Waals surface area contributed by atoms with Crippen molar-refractivity contribution in [2.45, 2.75) is 25.3 Å². The third-order valence-electron chi connectivity index (χ3n) is 3.84. The maximum absolute atomic E-state index is 5.78. The van der Waals surface area contributed by atoms with Crippen molar-refractivity contribution in [1.29, 1.82) is 0 Å². The number of fused-ring (bicyclic) bond motifs is 1. The van der Waals surface area contributed by atoms with E-state index in [0.717, 1.165) is 18.8 Å². The number of hydrogen-bond donors (Lipinski definition) is 1. The molecule has 0 fully saturated rings. The average Bonchev–Trinajstić information content (AvgIpc) is 2.79. The number of thiophene rings is 1. The van der Waals surface area contributed by atoms with Crippen molar-refractivity contribution in [3.05, 3.63) is 50.1 Å². The number of aryl methyl sites for hydroxylation is 1. The molecule has 1 aromatic carbocycles. The molecule has 1 aliphatic heterocycles. The zero-order valence-corrected chi connectivity index (χ0v) is 14.1. The molecule has 1 aliphatic rings. The zero-order chi connectivity index (χ0) is 14.1. The molecule has 1 aromatic heterocycles. The first-order chi connectivity index (χ1) is 9.70. The van der Waals surface area contributed by atoms with Crippen molar-refractivity contribution in [3.63, 3.8) is 0 Å². The Balaban J connectivity index is 2.01. The van der Waals surface area contributed by atoms with Crippen LogP contribution in [0, 0.1) is 6.92 Å². The molecular weight excluding hydrogens is 334 g/mol. The Kier molecular flexibility index (Phi) is 4.15. The summed E-state index contributed by atoms with van der Waals surface area (Å²) in [5, 5.41) is 3.51. The molecule has 4 heteroatoms. The highest BCUT2D eigenvalue weighted by Gasteiger charge is 2.31. The number of likely N-dealkylation sites (N-methyl/N-ethyl adjacent to an activating group) is 1. The van der Waals surface area contributed by atoms with Crippen molar-refractivity contribution in [1.82, 2.24) is 5.32 Å². The molecule has 0 radical (unpaired) electrons. The van der Waals surface area contributed by atoms with E-state index in [4.69, 9.17) is 4.74 Å². The van der Waals surface area contributed by atoms with E-state index in [2.05, 4.69) is 52.4 Å². The summed E-state index contributed by atoms with van der Waals surface area (Å²) in [7, 11) is 2.05. The first-order valence-corrected chi connectivity index (χ1v) is 8.46. The van der Waals surface area contributed by atoms with Crippen LogP contribution in [-0.2, 0) is 0 Å². The lowest BCUT2D eigenvalue weighted by Gasteiger charge is -2.32. The van der Waals surface area contributed by atoms with Gasteiger partial charge in [0.25, 0.3) is 0 Å². The van der Waals surface area contributed by atoms with Crippen LogP contribution in [0.5, 0.6) is 5.75 Å². The van der Waals surface area contributed by atoms with Crippen molar-refractivity contribution < 1.29 is 4.74 Å². The Morgan fingerprint density at radius 2 is 2.20 bits per heavy atom. The van der Waals surface area contributed by atoms with Gasteiger partial charge in [0.1, 0.15) is 5.75 Å². The van der Waals surface area contributed by atoms with Gasteiger partial charge in [0.05, 0.1) is 6.61 Å². The van der Waals surface area contributed by atoms with Gasteiger partial charge in [-0.2, -0.15) is 0 Å². The van der Waals surface area contributed by atoms with E-state index in [-0.39, 0.29) is 0 Å². The number of rotatable bonds is 3. The summed E-state index contributed by atoms with van der Waals surface area (Å²) in [6.45, 7) is 2.95. The summed E-state index contributed by atoms with van der Waals surface area (Å²) in [5.74, 6) is 1.49. The molecule has 2 unspecified atom stereocenters. The Bertz CT molecular complexity index is 610. The summed E-state index contributed by atoms with van der Waals surface area (Å²) in [4.78, 5) is 2.72. The molecule has 0 spiro atoms. The molecular formula is C16H18BrNOS. The fraction of sp³-hybridized carbons (Fsp3) is 0.375. The molecule has 0 aliphatic carbocycles. The smallest absolute Gasteiger partial charge is 0.122 e. The third-order valence-corrected chi connectivity index (χ3v) is 5.89. The van der Waals surface area contributed by atoms with E-state index in [0.29, 0.717) is 12.0 Å². The lowest BCUT2D eigenvalue weighted by Crippen LogP contribution is -2.27. The number of nitrogens with one attached hydrogen (secondary N) is 1. The summed E-state index contributed by atoms with van der Waals surface area (Å²) in [5.41, 5.74) is 1.32. The van der Waals surface area contributed by atoms with Gasteiger partial charge in [0, 0.05) is 26.2 Å². The molecule has 0 bridgehead atoms. The van der Waals surface area contributed by atoms with Gasteiger partial charge in [-0.1, -0.05) is 18.2 Å². The molecule has 0 amide bonds. The van der Waals surface area contributed by atoms with Crippen LogP contribution in [0.2, 0.25) is 0 Å². The highest BCUT2D eigenvalue weighted by molar-refractivity contribution is 9.10. The average molecular weight is 352 g/mol. The molecule has 0 saturated heterocycles. The molecule has 2 aromatic rings. The monoisotopic (exact) mass is 351 g/mol. The van der Waals surface area contributed by atoms with Crippen LogP contribution in [0.25, 0.3) is 0 Å². The van der Waals surface area contributed by atoms with Gasteiger partial charge in [-0.05, 0) is 54.0 Å². The molecule has 20 heavy (non-hydrogen) atoms. The molecule has 2 nitrogen and oxygen atoms in total.